The molecule has 3 rings (SSSR count). The Hall–Kier alpha value is -1.42. The second kappa shape index (κ2) is 4.45. The number of rotatable bonds is 2. The first-order valence-corrected chi connectivity index (χ1v) is 6.33. The molecule has 4 heteroatoms. The van der Waals surface area contributed by atoms with Crippen LogP contribution in [0.4, 0.5) is 0 Å². The van der Waals surface area contributed by atoms with Crippen LogP contribution < -0.4 is 5.73 Å². The van der Waals surface area contributed by atoms with Crippen molar-refractivity contribution in [3.63, 3.8) is 0 Å². The number of nitrogens with two attached hydrogens (primary N) is 1. The van der Waals surface area contributed by atoms with Crippen molar-refractivity contribution in [2.24, 2.45) is 5.73 Å². The minimum atomic E-state index is 0.476. The van der Waals surface area contributed by atoms with Crippen molar-refractivity contribution < 1.29 is 4.42 Å². The molecule has 1 saturated carbocycles. The molecule has 17 heavy (non-hydrogen) atoms. The number of fused-ring (bicyclic) bond motifs is 1. The summed E-state index contributed by atoms with van der Waals surface area (Å²) < 4.78 is 5.77. The van der Waals surface area contributed by atoms with E-state index in [0.29, 0.717) is 18.2 Å². The molecule has 0 atom stereocenters. The molecule has 0 aromatic carbocycles. The van der Waals surface area contributed by atoms with Crippen molar-refractivity contribution in [3.05, 3.63) is 23.7 Å². The normalized spacial score (nSPS) is 17.7. The van der Waals surface area contributed by atoms with Gasteiger partial charge in [-0.15, -0.1) is 0 Å². The Morgan fingerprint density at radius 2 is 2.12 bits per heavy atom. The Morgan fingerprint density at radius 1 is 1.29 bits per heavy atom. The molecular formula is C13H17N3O. The standard InChI is InChI=1S/C13H17N3O/c14-8-10-6-7-15-13-11(10)16-12(17-13)9-4-2-1-3-5-9/h6-7,9H,1-5,8,14H2. The molecule has 4 nitrogen and oxygen atoms in total. The van der Waals surface area contributed by atoms with Gasteiger partial charge in [0.25, 0.3) is 0 Å². The fourth-order valence-electron chi connectivity index (χ4n) is 2.59. The molecule has 1 aliphatic carbocycles. The van der Waals surface area contributed by atoms with E-state index in [9.17, 15) is 0 Å². The molecule has 90 valence electrons. The Morgan fingerprint density at radius 3 is 2.88 bits per heavy atom. The highest BCUT2D eigenvalue weighted by molar-refractivity contribution is 5.72. The third kappa shape index (κ3) is 1.93. The van der Waals surface area contributed by atoms with E-state index in [4.69, 9.17) is 10.2 Å². The zero-order valence-corrected chi connectivity index (χ0v) is 9.85. The van der Waals surface area contributed by atoms with E-state index in [1.54, 1.807) is 6.20 Å². The average Bonchev–Trinajstić information content (AvgIpc) is 2.83. The summed E-state index contributed by atoms with van der Waals surface area (Å²) in [7, 11) is 0. The van der Waals surface area contributed by atoms with E-state index in [-0.39, 0.29) is 0 Å². The van der Waals surface area contributed by atoms with Crippen LogP contribution >= 0.6 is 0 Å². The fraction of sp³-hybridized carbons (Fsp3) is 0.538. The first-order chi connectivity index (χ1) is 8.38. The summed E-state index contributed by atoms with van der Waals surface area (Å²) in [6, 6.07) is 1.91. The smallest absolute Gasteiger partial charge is 0.247 e. The van der Waals surface area contributed by atoms with Crippen molar-refractivity contribution in [2.75, 3.05) is 0 Å². The largest absolute Gasteiger partial charge is 0.422 e. The second-order valence-electron chi connectivity index (χ2n) is 4.71. The van der Waals surface area contributed by atoms with E-state index in [1.165, 1.54) is 32.1 Å². The Labute approximate surface area is 100 Å². The maximum absolute atomic E-state index is 5.77. The third-order valence-corrected chi connectivity index (χ3v) is 3.57. The zero-order valence-electron chi connectivity index (χ0n) is 9.85. The van der Waals surface area contributed by atoms with Crippen LogP contribution in [0.2, 0.25) is 0 Å². The summed E-state index contributed by atoms with van der Waals surface area (Å²) >= 11 is 0. The maximum Gasteiger partial charge on any atom is 0.247 e. The second-order valence-corrected chi connectivity index (χ2v) is 4.71. The van der Waals surface area contributed by atoms with Crippen LogP contribution in [-0.4, -0.2) is 9.97 Å². The average molecular weight is 231 g/mol. The molecule has 0 amide bonds. The fourth-order valence-corrected chi connectivity index (χ4v) is 2.59. The molecule has 0 spiro atoms. The number of pyridine rings is 1. The summed E-state index contributed by atoms with van der Waals surface area (Å²) in [5.41, 5.74) is 8.18. The lowest BCUT2D eigenvalue weighted by atomic mass is 9.89. The molecule has 0 aliphatic heterocycles. The molecule has 2 heterocycles. The predicted molar refractivity (Wildman–Crippen MR) is 65.5 cm³/mol. The van der Waals surface area contributed by atoms with Crippen molar-refractivity contribution in [2.45, 2.75) is 44.6 Å². The minimum absolute atomic E-state index is 0.476. The lowest BCUT2D eigenvalue weighted by Crippen LogP contribution is -2.04. The van der Waals surface area contributed by atoms with E-state index in [2.05, 4.69) is 9.97 Å². The summed E-state index contributed by atoms with van der Waals surface area (Å²) in [5, 5.41) is 0. The van der Waals surface area contributed by atoms with E-state index in [0.717, 1.165) is 17.0 Å². The molecular weight excluding hydrogens is 214 g/mol. The summed E-state index contributed by atoms with van der Waals surface area (Å²) in [4.78, 5) is 8.82. The van der Waals surface area contributed by atoms with Crippen molar-refractivity contribution >= 4 is 11.2 Å². The van der Waals surface area contributed by atoms with Crippen LogP contribution in [0.15, 0.2) is 16.7 Å². The van der Waals surface area contributed by atoms with Gasteiger partial charge in [-0.3, -0.25) is 0 Å². The van der Waals surface area contributed by atoms with Gasteiger partial charge in [-0.25, -0.2) is 9.97 Å². The topological polar surface area (TPSA) is 64.9 Å². The molecule has 2 aromatic rings. The summed E-state index contributed by atoms with van der Waals surface area (Å²) in [5.74, 6) is 1.33. The lowest BCUT2D eigenvalue weighted by Gasteiger charge is -2.17. The Kier molecular flexibility index (Phi) is 2.81. The van der Waals surface area contributed by atoms with E-state index >= 15 is 0 Å². The first kappa shape index (κ1) is 10.7. The number of nitrogens with zero attached hydrogens (tertiary/aromatic N) is 2. The summed E-state index contributed by atoms with van der Waals surface area (Å²) in [6.45, 7) is 0.482. The molecule has 0 bridgehead atoms. The monoisotopic (exact) mass is 231 g/mol. The van der Waals surface area contributed by atoms with Gasteiger partial charge in [-0.2, -0.15) is 0 Å². The van der Waals surface area contributed by atoms with E-state index < -0.39 is 0 Å². The molecule has 1 fully saturated rings. The Balaban J connectivity index is 2.00. The minimum Gasteiger partial charge on any atom is -0.422 e. The van der Waals surface area contributed by atoms with Gasteiger partial charge in [0.1, 0.15) is 5.52 Å². The zero-order chi connectivity index (χ0) is 11.7. The van der Waals surface area contributed by atoms with Gasteiger partial charge in [0.05, 0.1) is 0 Å². The number of oxazole rings is 1. The van der Waals surface area contributed by atoms with Crippen molar-refractivity contribution in [3.8, 4) is 0 Å². The predicted octanol–water partition coefficient (Wildman–Crippen LogP) is 2.73. The van der Waals surface area contributed by atoms with Crippen LogP contribution in [0.25, 0.3) is 11.2 Å². The van der Waals surface area contributed by atoms with Crippen LogP contribution in [-0.2, 0) is 6.54 Å². The first-order valence-electron chi connectivity index (χ1n) is 6.33. The highest BCUT2D eigenvalue weighted by Gasteiger charge is 2.21. The van der Waals surface area contributed by atoms with Crippen LogP contribution in [0.3, 0.4) is 0 Å². The molecule has 0 radical (unpaired) electrons. The number of aromatic nitrogens is 2. The molecule has 0 unspecified atom stereocenters. The number of hydrogen-bond acceptors (Lipinski definition) is 4. The van der Waals surface area contributed by atoms with Crippen molar-refractivity contribution in [1.29, 1.82) is 0 Å². The molecule has 2 aromatic heterocycles. The number of hydrogen-bond donors (Lipinski definition) is 1. The quantitative estimate of drug-likeness (QED) is 0.863. The summed E-state index contributed by atoms with van der Waals surface area (Å²) in [6.07, 6.45) is 8.00. The van der Waals surface area contributed by atoms with Gasteiger partial charge >= 0.3 is 0 Å². The van der Waals surface area contributed by atoms with Gasteiger partial charge < -0.3 is 10.2 Å². The van der Waals surface area contributed by atoms with E-state index in [1.807, 2.05) is 6.07 Å². The molecule has 2 N–H and O–H groups in total. The Bertz CT molecular complexity index is 514. The highest BCUT2D eigenvalue weighted by atomic mass is 16.4. The third-order valence-electron chi connectivity index (χ3n) is 3.57. The lowest BCUT2D eigenvalue weighted by molar-refractivity contribution is 0.371. The van der Waals surface area contributed by atoms with Crippen LogP contribution in [0.5, 0.6) is 0 Å². The molecule has 1 aliphatic rings. The maximum atomic E-state index is 5.77. The van der Waals surface area contributed by atoms with Gasteiger partial charge in [0.2, 0.25) is 11.6 Å². The van der Waals surface area contributed by atoms with Crippen molar-refractivity contribution in [1.82, 2.24) is 9.97 Å². The highest BCUT2D eigenvalue weighted by Crippen LogP contribution is 2.33. The van der Waals surface area contributed by atoms with Crippen LogP contribution in [0.1, 0.15) is 49.5 Å². The van der Waals surface area contributed by atoms with Gasteiger partial charge in [-0.05, 0) is 24.5 Å². The van der Waals surface area contributed by atoms with Gasteiger partial charge in [-0.1, -0.05) is 19.3 Å². The van der Waals surface area contributed by atoms with Crippen LogP contribution in [0, 0.1) is 0 Å². The van der Waals surface area contributed by atoms with Gasteiger partial charge in [0.15, 0.2) is 0 Å². The molecule has 0 saturated heterocycles. The van der Waals surface area contributed by atoms with Gasteiger partial charge in [0, 0.05) is 18.7 Å². The SMILES string of the molecule is NCc1ccnc2oc(C3CCCCC3)nc12.